The molecule has 1 nitrogen and oxygen atoms in total. The number of likely N-dealkylation sites (tertiary alicyclic amines) is 1. The Hall–Kier alpha value is -0.460. The first-order valence-electron chi connectivity index (χ1n) is 3.53. The molecule has 1 saturated heterocycles. The van der Waals surface area contributed by atoms with Gasteiger partial charge in [0.05, 0.1) is 0 Å². The van der Waals surface area contributed by atoms with E-state index in [4.69, 9.17) is 0 Å². The molecular formula is C8H14N. The van der Waals surface area contributed by atoms with Crippen molar-refractivity contribution in [2.45, 2.75) is 19.8 Å². The molecule has 0 saturated carbocycles. The van der Waals surface area contributed by atoms with Crippen molar-refractivity contribution in [2.75, 3.05) is 13.1 Å². The third kappa shape index (κ3) is 2.08. The summed E-state index contributed by atoms with van der Waals surface area (Å²) in [5.41, 5.74) is 1.16. The lowest BCUT2D eigenvalue weighted by atomic mass is 10.4. The SMILES string of the molecule is [CH2]/C(C)=C/N1CCCC1. The van der Waals surface area contributed by atoms with E-state index in [1.54, 1.807) is 0 Å². The van der Waals surface area contributed by atoms with Gasteiger partial charge >= 0.3 is 0 Å². The van der Waals surface area contributed by atoms with Crippen molar-refractivity contribution >= 4 is 0 Å². The molecule has 0 bridgehead atoms. The van der Waals surface area contributed by atoms with E-state index in [0.717, 1.165) is 5.57 Å². The Morgan fingerprint density at radius 1 is 1.44 bits per heavy atom. The largest absolute Gasteiger partial charge is 0.377 e. The van der Waals surface area contributed by atoms with Crippen LogP contribution in [0.3, 0.4) is 0 Å². The Balaban J connectivity index is 2.35. The molecule has 0 N–H and O–H groups in total. The van der Waals surface area contributed by atoms with Crippen LogP contribution in [0.5, 0.6) is 0 Å². The summed E-state index contributed by atoms with van der Waals surface area (Å²) in [4.78, 5) is 2.34. The van der Waals surface area contributed by atoms with Crippen LogP contribution in [-0.4, -0.2) is 18.0 Å². The molecule has 0 atom stereocenters. The molecule has 1 aliphatic heterocycles. The highest BCUT2D eigenvalue weighted by atomic mass is 15.1. The smallest absolute Gasteiger partial charge is 0.0173 e. The van der Waals surface area contributed by atoms with Gasteiger partial charge in [0.25, 0.3) is 0 Å². The monoisotopic (exact) mass is 124 g/mol. The molecule has 0 unspecified atom stereocenters. The second-order valence-electron chi connectivity index (χ2n) is 2.72. The lowest BCUT2D eigenvalue weighted by molar-refractivity contribution is 0.465. The topological polar surface area (TPSA) is 3.24 Å². The molecule has 1 heteroatoms. The summed E-state index contributed by atoms with van der Waals surface area (Å²) in [6.45, 7) is 8.32. The number of nitrogens with zero attached hydrogens (tertiary/aromatic N) is 1. The van der Waals surface area contributed by atoms with Crippen molar-refractivity contribution in [3.8, 4) is 0 Å². The molecular weight excluding hydrogens is 110 g/mol. The minimum Gasteiger partial charge on any atom is -0.377 e. The third-order valence-corrected chi connectivity index (χ3v) is 1.54. The molecule has 0 aromatic heterocycles. The summed E-state index contributed by atoms with van der Waals surface area (Å²) < 4.78 is 0. The fourth-order valence-corrected chi connectivity index (χ4v) is 1.18. The maximum atomic E-state index is 3.82. The molecule has 0 aliphatic carbocycles. The van der Waals surface area contributed by atoms with E-state index >= 15 is 0 Å². The third-order valence-electron chi connectivity index (χ3n) is 1.54. The van der Waals surface area contributed by atoms with Gasteiger partial charge in [-0.3, -0.25) is 0 Å². The maximum absolute atomic E-state index is 3.82. The Kier molecular flexibility index (Phi) is 2.15. The molecule has 0 spiro atoms. The van der Waals surface area contributed by atoms with E-state index in [9.17, 15) is 0 Å². The number of rotatable bonds is 1. The minimum atomic E-state index is 1.16. The molecule has 1 radical (unpaired) electrons. The van der Waals surface area contributed by atoms with E-state index in [1.165, 1.54) is 25.9 Å². The molecule has 1 aliphatic rings. The maximum Gasteiger partial charge on any atom is 0.0173 e. The van der Waals surface area contributed by atoms with E-state index in [1.807, 2.05) is 6.92 Å². The van der Waals surface area contributed by atoms with Gasteiger partial charge < -0.3 is 4.90 Å². The van der Waals surface area contributed by atoms with Crippen LogP contribution in [0.1, 0.15) is 19.8 Å². The van der Waals surface area contributed by atoms with Crippen LogP contribution < -0.4 is 0 Å². The summed E-state index contributed by atoms with van der Waals surface area (Å²) in [5, 5.41) is 0. The van der Waals surface area contributed by atoms with Crippen LogP contribution in [0.25, 0.3) is 0 Å². The van der Waals surface area contributed by atoms with Crippen molar-refractivity contribution in [1.82, 2.24) is 4.90 Å². The van der Waals surface area contributed by atoms with Crippen LogP contribution >= 0.6 is 0 Å². The average molecular weight is 124 g/mol. The van der Waals surface area contributed by atoms with Gasteiger partial charge in [-0.1, -0.05) is 5.57 Å². The number of hydrogen-bond donors (Lipinski definition) is 0. The molecule has 0 aromatic carbocycles. The first-order valence-corrected chi connectivity index (χ1v) is 3.53. The highest BCUT2D eigenvalue weighted by molar-refractivity contribution is 5.01. The summed E-state index contributed by atoms with van der Waals surface area (Å²) in [6, 6.07) is 0. The molecule has 0 aromatic rings. The van der Waals surface area contributed by atoms with Crippen molar-refractivity contribution in [3.63, 3.8) is 0 Å². The van der Waals surface area contributed by atoms with Crippen molar-refractivity contribution < 1.29 is 0 Å². The molecule has 0 amide bonds. The van der Waals surface area contributed by atoms with E-state index in [2.05, 4.69) is 18.0 Å². The predicted octanol–water partition coefficient (Wildman–Crippen LogP) is 1.82. The fourth-order valence-electron chi connectivity index (χ4n) is 1.18. The lowest BCUT2D eigenvalue weighted by Gasteiger charge is -2.10. The van der Waals surface area contributed by atoms with Gasteiger partial charge in [-0.05, 0) is 32.9 Å². The molecule has 51 valence electrons. The average Bonchev–Trinajstić information content (AvgIpc) is 2.15. The first kappa shape index (κ1) is 6.66. The summed E-state index contributed by atoms with van der Waals surface area (Å²) in [6.07, 6.45) is 4.85. The van der Waals surface area contributed by atoms with E-state index in [0.29, 0.717) is 0 Å². The van der Waals surface area contributed by atoms with Gasteiger partial charge in [0, 0.05) is 13.1 Å². The molecule has 1 heterocycles. The quantitative estimate of drug-likeness (QED) is 0.515. The minimum absolute atomic E-state index is 1.16. The standard InChI is InChI=1S/C8H14N/c1-8(2)7-9-5-3-4-6-9/h7H,1,3-6H2,2H3/b8-7-. The fraction of sp³-hybridized carbons (Fsp3) is 0.625. The van der Waals surface area contributed by atoms with Gasteiger partial charge in [-0.25, -0.2) is 0 Å². The van der Waals surface area contributed by atoms with Crippen molar-refractivity contribution in [2.24, 2.45) is 0 Å². The number of hydrogen-bond acceptors (Lipinski definition) is 1. The number of allylic oxidation sites excluding steroid dienone is 1. The normalized spacial score (nSPS) is 21.1. The molecule has 9 heavy (non-hydrogen) atoms. The summed E-state index contributed by atoms with van der Waals surface area (Å²) in [7, 11) is 0. The Morgan fingerprint density at radius 2 is 2.00 bits per heavy atom. The zero-order valence-corrected chi connectivity index (χ0v) is 6.06. The highest BCUT2D eigenvalue weighted by Gasteiger charge is 2.05. The predicted molar refractivity (Wildman–Crippen MR) is 39.9 cm³/mol. The highest BCUT2D eigenvalue weighted by Crippen LogP contribution is 2.08. The summed E-state index contributed by atoms with van der Waals surface area (Å²) in [5.74, 6) is 0. The van der Waals surface area contributed by atoms with Crippen LogP contribution in [-0.2, 0) is 0 Å². The van der Waals surface area contributed by atoms with Crippen LogP contribution in [0.15, 0.2) is 11.8 Å². The second-order valence-corrected chi connectivity index (χ2v) is 2.72. The van der Waals surface area contributed by atoms with Gasteiger partial charge in [-0.15, -0.1) is 0 Å². The van der Waals surface area contributed by atoms with E-state index in [-0.39, 0.29) is 0 Å². The Labute approximate surface area is 57.4 Å². The Bertz CT molecular complexity index is 106. The van der Waals surface area contributed by atoms with Crippen molar-refractivity contribution in [3.05, 3.63) is 18.7 Å². The van der Waals surface area contributed by atoms with Crippen LogP contribution in [0, 0.1) is 6.92 Å². The van der Waals surface area contributed by atoms with Gasteiger partial charge in [0.15, 0.2) is 0 Å². The van der Waals surface area contributed by atoms with E-state index < -0.39 is 0 Å². The second kappa shape index (κ2) is 2.90. The zero-order valence-electron chi connectivity index (χ0n) is 6.06. The van der Waals surface area contributed by atoms with Gasteiger partial charge in [0.2, 0.25) is 0 Å². The van der Waals surface area contributed by atoms with Crippen LogP contribution in [0.2, 0.25) is 0 Å². The van der Waals surface area contributed by atoms with Crippen molar-refractivity contribution in [1.29, 1.82) is 0 Å². The molecule has 1 fully saturated rings. The first-order chi connectivity index (χ1) is 4.29. The van der Waals surface area contributed by atoms with Gasteiger partial charge in [0.1, 0.15) is 0 Å². The lowest BCUT2D eigenvalue weighted by Crippen LogP contribution is -2.10. The van der Waals surface area contributed by atoms with Gasteiger partial charge in [-0.2, -0.15) is 0 Å². The zero-order chi connectivity index (χ0) is 6.69. The molecule has 1 rings (SSSR count). The summed E-state index contributed by atoms with van der Waals surface area (Å²) >= 11 is 0. The van der Waals surface area contributed by atoms with Crippen LogP contribution in [0.4, 0.5) is 0 Å². The Morgan fingerprint density at radius 3 is 2.44 bits per heavy atom.